The molecule has 1 N–H and O–H groups in total. The second-order valence-corrected chi connectivity index (χ2v) is 5.37. The number of nitrogens with zero attached hydrogens (tertiary/aromatic N) is 1. The van der Waals surface area contributed by atoms with Crippen LogP contribution in [0.15, 0.2) is 10.5 Å². The lowest BCUT2D eigenvalue weighted by atomic mass is 10.1. The molecule has 0 spiro atoms. The van der Waals surface area contributed by atoms with Crippen molar-refractivity contribution in [3.63, 3.8) is 0 Å². The molecule has 0 aromatic heterocycles. The van der Waals surface area contributed by atoms with Gasteiger partial charge in [0.1, 0.15) is 0 Å². The second kappa shape index (κ2) is 6.63. The van der Waals surface area contributed by atoms with Gasteiger partial charge in [-0.05, 0) is 34.0 Å². The van der Waals surface area contributed by atoms with E-state index in [1.807, 2.05) is 0 Å². The number of rotatable bonds is 4. The Morgan fingerprint density at radius 2 is 2.00 bits per heavy atom. The van der Waals surface area contributed by atoms with E-state index in [0.717, 1.165) is 32.7 Å². The first-order valence-corrected chi connectivity index (χ1v) is 7.06. The van der Waals surface area contributed by atoms with Crippen molar-refractivity contribution in [2.24, 2.45) is 0 Å². The van der Waals surface area contributed by atoms with Gasteiger partial charge in [-0.1, -0.05) is 0 Å². The highest BCUT2D eigenvalue weighted by molar-refractivity contribution is 9.10. The van der Waals surface area contributed by atoms with E-state index in [0.29, 0.717) is 16.5 Å². The molecule has 0 aliphatic carbocycles. The number of hydrogen-bond acceptors (Lipinski definition) is 3. The molecule has 0 unspecified atom stereocenters. The molecule has 0 amide bonds. The molecule has 106 valence electrons. The number of nitrogens with one attached hydrogen (secondary N) is 1. The fourth-order valence-corrected chi connectivity index (χ4v) is 2.82. The quantitative estimate of drug-likeness (QED) is 0.854. The van der Waals surface area contributed by atoms with E-state index >= 15 is 0 Å². The van der Waals surface area contributed by atoms with E-state index in [-0.39, 0.29) is 5.75 Å². The van der Waals surface area contributed by atoms with E-state index in [2.05, 4.69) is 26.1 Å². The van der Waals surface area contributed by atoms with Crippen molar-refractivity contribution in [3.05, 3.63) is 27.7 Å². The molecule has 19 heavy (non-hydrogen) atoms. The van der Waals surface area contributed by atoms with E-state index in [1.54, 1.807) is 6.07 Å². The molecule has 6 heteroatoms. The van der Waals surface area contributed by atoms with Gasteiger partial charge in [-0.3, -0.25) is 0 Å². The van der Waals surface area contributed by atoms with E-state index in [1.165, 1.54) is 7.11 Å². The number of benzene rings is 1. The summed E-state index contributed by atoms with van der Waals surface area (Å²) in [6.45, 7) is 4.52. The maximum absolute atomic E-state index is 13.9. The highest BCUT2D eigenvalue weighted by Gasteiger charge is 2.18. The molecule has 1 saturated heterocycles. The van der Waals surface area contributed by atoms with Gasteiger partial charge in [-0.15, -0.1) is 0 Å². The zero-order valence-corrected chi connectivity index (χ0v) is 12.4. The normalized spacial score (nSPS) is 16.6. The lowest BCUT2D eigenvalue weighted by molar-refractivity contribution is 0.242. The standard InChI is InChI=1S/C13H17BrF2N2O/c1-19-13-10(14)8-9(11(15)12(13)16)2-5-18-6-3-17-4-7-18/h8,17H,2-7H2,1H3. The molecule has 1 heterocycles. The van der Waals surface area contributed by atoms with Crippen LogP contribution >= 0.6 is 15.9 Å². The molecule has 1 aliphatic rings. The minimum Gasteiger partial charge on any atom is -0.492 e. The monoisotopic (exact) mass is 334 g/mol. The van der Waals surface area contributed by atoms with Gasteiger partial charge in [-0.25, -0.2) is 4.39 Å². The van der Waals surface area contributed by atoms with Crippen LogP contribution in [0.25, 0.3) is 0 Å². The first-order valence-electron chi connectivity index (χ1n) is 6.27. The van der Waals surface area contributed by atoms with Crippen molar-refractivity contribution in [3.8, 4) is 5.75 Å². The Morgan fingerprint density at radius 1 is 1.32 bits per heavy atom. The van der Waals surface area contributed by atoms with Crippen molar-refractivity contribution in [1.82, 2.24) is 10.2 Å². The average molecular weight is 335 g/mol. The Morgan fingerprint density at radius 3 is 2.63 bits per heavy atom. The summed E-state index contributed by atoms with van der Waals surface area (Å²) < 4.78 is 32.9. The lowest BCUT2D eigenvalue weighted by Gasteiger charge is -2.27. The van der Waals surface area contributed by atoms with Crippen LogP contribution in [0.1, 0.15) is 5.56 Å². The van der Waals surface area contributed by atoms with Crippen LogP contribution in [0, 0.1) is 11.6 Å². The van der Waals surface area contributed by atoms with Gasteiger partial charge in [0.05, 0.1) is 11.6 Å². The third-order valence-corrected chi connectivity index (χ3v) is 3.89. The van der Waals surface area contributed by atoms with Crippen LogP contribution in [-0.2, 0) is 6.42 Å². The summed E-state index contributed by atoms with van der Waals surface area (Å²) in [5.74, 6) is -1.81. The number of piperazine rings is 1. The predicted molar refractivity (Wildman–Crippen MR) is 73.6 cm³/mol. The summed E-state index contributed by atoms with van der Waals surface area (Å²) in [4.78, 5) is 2.24. The number of methoxy groups -OCH3 is 1. The van der Waals surface area contributed by atoms with Crippen molar-refractivity contribution in [1.29, 1.82) is 0 Å². The lowest BCUT2D eigenvalue weighted by Crippen LogP contribution is -2.44. The molecule has 1 aromatic rings. The van der Waals surface area contributed by atoms with Crippen molar-refractivity contribution >= 4 is 15.9 Å². The SMILES string of the molecule is COc1c(Br)cc(CCN2CCNCC2)c(F)c1F. The van der Waals surface area contributed by atoms with Crippen LogP contribution in [-0.4, -0.2) is 44.7 Å². The van der Waals surface area contributed by atoms with Gasteiger partial charge in [0, 0.05) is 32.7 Å². The minimum atomic E-state index is -0.924. The predicted octanol–water partition coefficient (Wildman–Crippen LogP) is 2.18. The summed E-state index contributed by atoms with van der Waals surface area (Å²) in [5.41, 5.74) is 0.378. The van der Waals surface area contributed by atoms with Crippen LogP contribution in [0.5, 0.6) is 5.75 Å². The fraction of sp³-hybridized carbons (Fsp3) is 0.538. The molecular formula is C13H17BrF2N2O. The smallest absolute Gasteiger partial charge is 0.202 e. The summed E-state index contributed by atoms with van der Waals surface area (Å²) >= 11 is 3.20. The Bertz CT molecular complexity index is 451. The highest BCUT2D eigenvalue weighted by Crippen LogP contribution is 2.32. The molecule has 1 aromatic carbocycles. The zero-order valence-electron chi connectivity index (χ0n) is 10.8. The Hall–Kier alpha value is -0.720. The summed E-state index contributed by atoms with van der Waals surface area (Å²) in [5, 5.41) is 3.26. The molecule has 1 fully saturated rings. The zero-order chi connectivity index (χ0) is 13.8. The van der Waals surface area contributed by atoms with Gasteiger partial charge < -0.3 is 15.0 Å². The van der Waals surface area contributed by atoms with Gasteiger partial charge in [-0.2, -0.15) is 4.39 Å². The van der Waals surface area contributed by atoms with Gasteiger partial charge in [0.15, 0.2) is 11.6 Å². The van der Waals surface area contributed by atoms with Crippen molar-refractivity contribution < 1.29 is 13.5 Å². The average Bonchev–Trinajstić information content (AvgIpc) is 2.43. The molecule has 3 nitrogen and oxygen atoms in total. The van der Waals surface area contributed by atoms with E-state index < -0.39 is 11.6 Å². The Kier molecular flexibility index (Phi) is 5.13. The molecule has 0 saturated carbocycles. The maximum Gasteiger partial charge on any atom is 0.202 e. The third kappa shape index (κ3) is 3.43. The van der Waals surface area contributed by atoms with Gasteiger partial charge >= 0.3 is 0 Å². The van der Waals surface area contributed by atoms with Crippen LogP contribution in [0.4, 0.5) is 8.78 Å². The van der Waals surface area contributed by atoms with E-state index in [9.17, 15) is 8.78 Å². The highest BCUT2D eigenvalue weighted by atomic mass is 79.9. The van der Waals surface area contributed by atoms with Crippen molar-refractivity contribution in [2.75, 3.05) is 39.8 Å². The van der Waals surface area contributed by atoms with Gasteiger partial charge in [0.25, 0.3) is 0 Å². The van der Waals surface area contributed by atoms with Gasteiger partial charge in [0.2, 0.25) is 5.82 Å². The molecule has 2 rings (SSSR count). The third-order valence-electron chi connectivity index (χ3n) is 3.30. The first kappa shape index (κ1) is 14.7. The maximum atomic E-state index is 13.9. The molecule has 1 aliphatic heterocycles. The van der Waals surface area contributed by atoms with Crippen LogP contribution < -0.4 is 10.1 Å². The molecule has 0 atom stereocenters. The first-order chi connectivity index (χ1) is 9.13. The summed E-state index contributed by atoms with van der Waals surface area (Å²) in [6.07, 6.45) is 0.491. The number of hydrogen-bond donors (Lipinski definition) is 1. The largest absolute Gasteiger partial charge is 0.492 e. The minimum absolute atomic E-state index is 0.0802. The van der Waals surface area contributed by atoms with Crippen LogP contribution in [0.3, 0.4) is 0 Å². The van der Waals surface area contributed by atoms with Crippen LogP contribution in [0.2, 0.25) is 0 Å². The summed E-state index contributed by atoms with van der Waals surface area (Å²) in [7, 11) is 1.32. The Labute approximate surface area is 120 Å². The second-order valence-electron chi connectivity index (χ2n) is 4.52. The number of halogens is 3. The molecular weight excluding hydrogens is 318 g/mol. The van der Waals surface area contributed by atoms with Crippen molar-refractivity contribution in [2.45, 2.75) is 6.42 Å². The molecule has 0 bridgehead atoms. The number of ether oxygens (including phenoxy) is 1. The van der Waals surface area contributed by atoms with E-state index in [4.69, 9.17) is 4.74 Å². The Balaban J connectivity index is 2.07. The summed E-state index contributed by atoms with van der Waals surface area (Å²) in [6, 6.07) is 1.60. The fourth-order valence-electron chi connectivity index (χ4n) is 2.21. The molecule has 0 radical (unpaired) electrons. The topological polar surface area (TPSA) is 24.5 Å².